The molecular formula is C27H37ClN2O2. The van der Waals surface area contributed by atoms with Gasteiger partial charge in [0.15, 0.2) is 0 Å². The summed E-state index contributed by atoms with van der Waals surface area (Å²) < 4.78 is 5.81. The quantitative estimate of drug-likeness (QED) is 0.491. The average molecular weight is 457 g/mol. The molecule has 0 saturated heterocycles. The molecule has 0 unspecified atom stereocenters. The molecule has 1 aliphatic carbocycles. The average Bonchev–Trinajstić information content (AvgIpc) is 2.74. The predicted molar refractivity (Wildman–Crippen MR) is 133 cm³/mol. The molecule has 0 heterocycles. The number of carbonyl (C=O) groups is 1. The zero-order valence-corrected chi connectivity index (χ0v) is 20.7. The molecule has 1 amide bonds. The SMILES string of the molecule is Cc1cccc(CC2(N(C)C)CCC(NC(=O)CCCOc3ccc(Cl)cc3C)CC2)c1. The monoisotopic (exact) mass is 456 g/mol. The topological polar surface area (TPSA) is 41.6 Å². The van der Waals surface area contributed by atoms with Gasteiger partial charge >= 0.3 is 0 Å². The molecule has 2 aromatic rings. The van der Waals surface area contributed by atoms with Crippen LogP contribution in [0.15, 0.2) is 42.5 Å². The molecule has 0 radical (unpaired) electrons. The molecule has 174 valence electrons. The zero-order valence-electron chi connectivity index (χ0n) is 19.9. The van der Waals surface area contributed by atoms with E-state index in [1.165, 1.54) is 11.1 Å². The molecule has 0 atom stereocenters. The molecule has 1 fully saturated rings. The maximum Gasteiger partial charge on any atom is 0.220 e. The summed E-state index contributed by atoms with van der Waals surface area (Å²) >= 11 is 5.98. The van der Waals surface area contributed by atoms with Crippen LogP contribution in [0.25, 0.3) is 0 Å². The molecular weight excluding hydrogens is 420 g/mol. The fourth-order valence-electron chi connectivity index (χ4n) is 4.77. The summed E-state index contributed by atoms with van der Waals surface area (Å²) in [5.41, 5.74) is 3.89. The van der Waals surface area contributed by atoms with Crippen LogP contribution in [0.2, 0.25) is 5.02 Å². The highest BCUT2D eigenvalue weighted by atomic mass is 35.5. The lowest BCUT2D eigenvalue weighted by molar-refractivity contribution is -0.122. The Hall–Kier alpha value is -2.04. The van der Waals surface area contributed by atoms with Crippen LogP contribution in [0, 0.1) is 13.8 Å². The molecule has 0 spiro atoms. The van der Waals surface area contributed by atoms with Gasteiger partial charge in [0.2, 0.25) is 5.91 Å². The first-order valence-electron chi connectivity index (χ1n) is 11.7. The van der Waals surface area contributed by atoms with E-state index >= 15 is 0 Å². The summed E-state index contributed by atoms with van der Waals surface area (Å²) in [6.45, 7) is 4.66. The van der Waals surface area contributed by atoms with Gasteiger partial charge < -0.3 is 15.0 Å². The molecule has 2 aromatic carbocycles. The van der Waals surface area contributed by atoms with E-state index in [1.54, 1.807) is 0 Å². The van der Waals surface area contributed by atoms with E-state index in [0.29, 0.717) is 24.5 Å². The largest absolute Gasteiger partial charge is 0.493 e. The van der Waals surface area contributed by atoms with Gasteiger partial charge in [0.25, 0.3) is 0 Å². The smallest absolute Gasteiger partial charge is 0.220 e. The second-order valence-corrected chi connectivity index (χ2v) is 9.92. The Morgan fingerprint density at radius 3 is 2.56 bits per heavy atom. The van der Waals surface area contributed by atoms with Crippen LogP contribution in [0.3, 0.4) is 0 Å². The number of benzene rings is 2. The molecule has 1 aliphatic rings. The van der Waals surface area contributed by atoms with Crippen LogP contribution >= 0.6 is 11.6 Å². The first-order valence-corrected chi connectivity index (χ1v) is 12.1. The van der Waals surface area contributed by atoms with Crippen molar-refractivity contribution in [2.24, 2.45) is 0 Å². The van der Waals surface area contributed by atoms with Crippen molar-refractivity contribution in [1.29, 1.82) is 0 Å². The Morgan fingerprint density at radius 2 is 1.91 bits per heavy atom. The Bertz CT molecular complexity index is 904. The lowest BCUT2D eigenvalue weighted by Gasteiger charge is -2.45. The minimum atomic E-state index is 0.127. The fraction of sp³-hybridized carbons (Fsp3) is 0.519. The van der Waals surface area contributed by atoms with E-state index in [9.17, 15) is 4.79 Å². The van der Waals surface area contributed by atoms with E-state index in [4.69, 9.17) is 16.3 Å². The highest BCUT2D eigenvalue weighted by Crippen LogP contribution is 2.35. The summed E-state index contributed by atoms with van der Waals surface area (Å²) in [5, 5.41) is 3.96. The van der Waals surface area contributed by atoms with Crippen molar-refractivity contribution in [1.82, 2.24) is 10.2 Å². The van der Waals surface area contributed by atoms with E-state index < -0.39 is 0 Å². The van der Waals surface area contributed by atoms with E-state index in [-0.39, 0.29) is 17.5 Å². The number of nitrogens with zero attached hydrogens (tertiary/aromatic N) is 1. The third-order valence-electron chi connectivity index (χ3n) is 6.79. The Labute approximate surface area is 198 Å². The Morgan fingerprint density at radius 1 is 1.16 bits per heavy atom. The first kappa shape index (κ1) is 24.6. The van der Waals surface area contributed by atoms with Crippen LogP contribution in [0.1, 0.15) is 55.2 Å². The highest BCUT2D eigenvalue weighted by molar-refractivity contribution is 6.30. The normalized spacial score (nSPS) is 20.9. The summed E-state index contributed by atoms with van der Waals surface area (Å²) in [5.74, 6) is 0.957. The molecule has 5 heteroatoms. The molecule has 0 bridgehead atoms. The number of nitrogens with one attached hydrogen (secondary N) is 1. The van der Waals surface area contributed by atoms with Crippen LogP contribution in [-0.2, 0) is 11.2 Å². The van der Waals surface area contributed by atoms with Gasteiger partial charge in [-0.05, 0) is 95.8 Å². The molecule has 1 saturated carbocycles. The lowest BCUT2D eigenvalue weighted by atomic mass is 9.74. The number of rotatable bonds is 9. The Kier molecular flexibility index (Phi) is 8.61. The second-order valence-electron chi connectivity index (χ2n) is 9.49. The van der Waals surface area contributed by atoms with Gasteiger partial charge in [-0.15, -0.1) is 0 Å². The van der Waals surface area contributed by atoms with E-state index in [2.05, 4.69) is 55.5 Å². The van der Waals surface area contributed by atoms with Gasteiger partial charge in [0.05, 0.1) is 6.61 Å². The van der Waals surface area contributed by atoms with E-state index in [0.717, 1.165) is 43.4 Å². The molecule has 4 nitrogen and oxygen atoms in total. The van der Waals surface area contributed by atoms with Crippen molar-refractivity contribution in [3.05, 3.63) is 64.2 Å². The van der Waals surface area contributed by atoms with Gasteiger partial charge in [-0.1, -0.05) is 41.4 Å². The maximum absolute atomic E-state index is 12.5. The van der Waals surface area contributed by atoms with Gasteiger partial charge in [-0.25, -0.2) is 0 Å². The first-order chi connectivity index (χ1) is 15.3. The number of amides is 1. The Balaban J connectivity index is 1.42. The van der Waals surface area contributed by atoms with Crippen LogP contribution in [0.4, 0.5) is 0 Å². The van der Waals surface area contributed by atoms with Gasteiger partial charge in [0, 0.05) is 23.0 Å². The summed E-state index contributed by atoms with van der Waals surface area (Å²) in [4.78, 5) is 14.9. The van der Waals surface area contributed by atoms with Crippen molar-refractivity contribution in [2.75, 3.05) is 20.7 Å². The standard InChI is InChI=1S/C27H37ClN2O2/c1-20-7-5-8-22(17-20)19-27(30(3)4)14-12-24(13-15-27)29-26(31)9-6-16-32-25-11-10-23(28)18-21(25)2/h5,7-8,10-11,17-18,24H,6,9,12-16,19H2,1-4H3,(H,29,31). The minimum Gasteiger partial charge on any atom is -0.493 e. The van der Waals surface area contributed by atoms with Crippen molar-refractivity contribution in [3.63, 3.8) is 0 Å². The van der Waals surface area contributed by atoms with Crippen molar-refractivity contribution >= 4 is 17.5 Å². The van der Waals surface area contributed by atoms with Gasteiger partial charge in [0.1, 0.15) is 5.75 Å². The number of carbonyl (C=O) groups excluding carboxylic acids is 1. The summed E-state index contributed by atoms with van der Waals surface area (Å²) in [6, 6.07) is 14.7. The highest BCUT2D eigenvalue weighted by Gasteiger charge is 2.37. The van der Waals surface area contributed by atoms with Crippen LogP contribution < -0.4 is 10.1 Å². The van der Waals surface area contributed by atoms with Crippen molar-refractivity contribution in [3.8, 4) is 5.75 Å². The van der Waals surface area contributed by atoms with Crippen molar-refractivity contribution < 1.29 is 9.53 Å². The zero-order chi connectivity index (χ0) is 23.1. The molecule has 32 heavy (non-hydrogen) atoms. The molecule has 1 N–H and O–H groups in total. The molecule has 0 aromatic heterocycles. The maximum atomic E-state index is 12.5. The minimum absolute atomic E-state index is 0.127. The third kappa shape index (κ3) is 6.73. The fourth-order valence-corrected chi connectivity index (χ4v) is 5.00. The number of hydrogen-bond donors (Lipinski definition) is 1. The molecule has 3 rings (SSSR count). The third-order valence-corrected chi connectivity index (χ3v) is 7.02. The number of ether oxygens (including phenoxy) is 1. The lowest BCUT2D eigenvalue weighted by Crippen LogP contribution is -2.52. The van der Waals surface area contributed by atoms with Gasteiger partial charge in [-0.2, -0.15) is 0 Å². The van der Waals surface area contributed by atoms with Crippen LogP contribution in [-0.4, -0.2) is 43.1 Å². The number of aryl methyl sites for hydroxylation is 2. The number of likely N-dealkylation sites (N-methyl/N-ethyl adjacent to an activating group) is 1. The summed E-state index contributed by atoms with van der Waals surface area (Å²) in [7, 11) is 4.38. The number of hydrogen-bond acceptors (Lipinski definition) is 3. The predicted octanol–water partition coefficient (Wildman–Crippen LogP) is 5.72. The second kappa shape index (κ2) is 11.2. The van der Waals surface area contributed by atoms with E-state index in [1.807, 2.05) is 25.1 Å². The van der Waals surface area contributed by atoms with Crippen molar-refractivity contribution in [2.45, 2.75) is 70.4 Å². The van der Waals surface area contributed by atoms with Gasteiger partial charge in [-0.3, -0.25) is 4.79 Å². The summed E-state index contributed by atoms with van der Waals surface area (Å²) in [6.07, 6.45) is 6.49. The number of halogens is 1. The van der Waals surface area contributed by atoms with Crippen LogP contribution in [0.5, 0.6) is 5.75 Å². The molecule has 0 aliphatic heterocycles.